The van der Waals surface area contributed by atoms with Gasteiger partial charge in [0, 0.05) is 11.4 Å². The zero-order valence-electron chi connectivity index (χ0n) is 16.2. The second kappa shape index (κ2) is 12.2. The van der Waals surface area contributed by atoms with Gasteiger partial charge in [-0.15, -0.1) is 0 Å². The van der Waals surface area contributed by atoms with Crippen LogP contribution in [0.2, 0.25) is 10.0 Å². The molecular weight excluding hydrogens is 449 g/mol. The number of aryl methyl sites for hydroxylation is 1. The van der Waals surface area contributed by atoms with Crippen molar-refractivity contribution in [2.75, 3.05) is 13.2 Å². The average Bonchev–Trinajstić information content (AvgIpc) is 2.70. The Morgan fingerprint density at radius 3 is 2.50 bits per heavy atom. The van der Waals surface area contributed by atoms with E-state index in [1.807, 2.05) is 25.1 Å². The lowest BCUT2D eigenvalue weighted by Crippen LogP contribution is -2.49. The van der Waals surface area contributed by atoms with Gasteiger partial charge < -0.3 is 9.47 Å². The van der Waals surface area contributed by atoms with Crippen LogP contribution in [0.3, 0.4) is 0 Å². The molecule has 0 aliphatic carbocycles. The van der Waals surface area contributed by atoms with Crippen LogP contribution < -0.4 is 25.6 Å². The van der Waals surface area contributed by atoms with Gasteiger partial charge in [-0.25, -0.2) is 0 Å². The monoisotopic (exact) mass is 469 g/mol. The van der Waals surface area contributed by atoms with Gasteiger partial charge in [0.25, 0.3) is 5.91 Å². The maximum atomic E-state index is 11.9. The highest BCUT2D eigenvalue weighted by molar-refractivity contribution is 7.80. The third-order valence-electron chi connectivity index (χ3n) is 3.72. The Labute approximate surface area is 190 Å². The Morgan fingerprint density at radius 2 is 1.77 bits per heavy atom. The van der Waals surface area contributed by atoms with Gasteiger partial charge in [0.1, 0.15) is 11.5 Å². The maximum Gasteiger partial charge on any atom is 0.264 e. The number of carbonyl (C=O) groups excluding carboxylic acids is 2. The van der Waals surface area contributed by atoms with Gasteiger partial charge in [-0.1, -0.05) is 41.4 Å². The quantitative estimate of drug-likeness (QED) is 0.311. The highest BCUT2D eigenvalue weighted by Gasteiger charge is 2.08. The van der Waals surface area contributed by atoms with Crippen molar-refractivity contribution in [2.24, 2.45) is 0 Å². The van der Waals surface area contributed by atoms with E-state index in [9.17, 15) is 9.59 Å². The molecule has 7 nitrogen and oxygen atoms in total. The van der Waals surface area contributed by atoms with E-state index in [-0.39, 0.29) is 24.0 Å². The van der Waals surface area contributed by atoms with Crippen molar-refractivity contribution in [3.63, 3.8) is 0 Å². The number of ether oxygens (including phenoxy) is 2. The number of rotatable bonds is 8. The van der Waals surface area contributed by atoms with Crippen molar-refractivity contribution in [1.29, 1.82) is 0 Å². The van der Waals surface area contributed by atoms with Gasteiger partial charge in [0.2, 0.25) is 5.91 Å². The van der Waals surface area contributed by atoms with Crippen LogP contribution in [-0.4, -0.2) is 30.1 Å². The van der Waals surface area contributed by atoms with Crippen molar-refractivity contribution in [2.45, 2.75) is 19.8 Å². The molecule has 0 aliphatic heterocycles. The SMILES string of the molecule is Cc1ccccc1OCC(=O)NC(=S)NNC(=O)CCCOc1ccc(Cl)cc1Cl. The van der Waals surface area contributed by atoms with Crippen LogP contribution in [0, 0.1) is 6.92 Å². The molecule has 2 amide bonds. The summed E-state index contributed by atoms with van der Waals surface area (Å²) in [5.41, 5.74) is 5.79. The van der Waals surface area contributed by atoms with Gasteiger partial charge in [-0.3, -0.25) is 25.8 Å². The van der Waals surface area contributed by atoms with Crippen LogP contribution in [0.15, 0.2) is 42.5 Å². The number of amides is 2. The maximum absolute atomic E-state index is 11.9. The summed E-state index contributed by atoms with van der Waals surface area (Å²) < 4.78 is 10.9. The third-order valence-corrected chi connectivity index (χ3v) is 4.46. The number of nitrogens with one attached hydrogen (secondary N) is 3. The van der Waals surface area contributed by atoms with Crippen molar-refractivity contribution < 1.29 is 19.1 Å². The predicted molar refractivity (Wildman–Crippen MR) is 120 cm³/mol. The Hall–Kier alpha value is -2.55. The fraction of sp³-hybridized carbons (Fsp3) is 0.250. The van der Waals surface area contributed by atoms with E-state index in [2.05, 4.69) is 16.2 Å². The Bertz CT molecular complexity index is 911. The van der Waals surface area contributed by atoms with Gasteiger partial charge in [-0.2, -0.15) is 0 Å². The van der Waals surface area contributed by atoms with Crippen LogP contribution in [-0.2, 0) is 9.59 Å². The second-order valence-electron chi connectivity index (χ2n) is 6.13. The number of benzene rings is 2. The predicted octanol–water partition coefficient (Wildman–Crippen LogP) is 3.56. The van der Waals surface area contributed by atoms with Crippen LogP contribution in [0.5, 0.6) is 11.5 Å². The van der Waals surface area contributed by atoms with E-state index in [0.29, 0.717) is 34.6 Å². The molecule has 30 heavy (non-hydrogen) atoms. The minimum absolute atomic E-state index is 0.0362. The summed E-state index contributed by atoms with van der Waals surface area (Å²) in [7, 11) is 0. The molecule has 0 saturated carbocycles. The smallest absolute Gasteiger partial charge is 0.264 e. The van der Waals surface area contributed by atoms with Crippen LogP contribution >= 0.6 is 35.4 Å². The second-order valence-corrected chi connectivity index (χ2v) is 7.38. The lowest BCUT2D eigenvalue weighted by molar-refractivity contribution is -0.123. The number of hydrogen-bond acceptors (Lipinski definition) is 5. The zero-order chi connectivity index (χ0) is 21.9. The standard InChI is InChI=1S/C20H21Cl2N3O4S/c1-13-5-2-3-6-16(13)29-12-19(27)23-20(30)25-24-18(26)7-4-10-28-17-9-8-14(21)11-15(17)22/h2-3,5-6,8-9,11H,4,7,10,12H2,1H3,(H,24,26)(H2,23,25,27,30). The molecule has 2 rings (SSSR count). The first kappa shape index (κ1) is 23.7. The largest absolute Gasteiger partial charge is 0.492 e. The molecule has 0 radical (unpaired) electrons. The molecule has 0 spiro atoms. The van der Waals surface area contributed by atoms with Gasteiger partial charge in [-0.05, 0) is 55.4 Å². The van der Waals surface area contributed by atoms with E-state index in [4.69, 9.17) is 44.9 Å². The summed E-state index contributed by atoms with van der Waals surface area (Å²) in [6.45, 7) is 1.97. The molecule has 0 fully saturated rings. The molecule has 2 aromatic carbocycles. The Kier molecular flexibility index (Phi) is 9.66. The minimum Gasteiger partial charge on any atom is -0.492 e. The summed E-state index contributed by atoms with van der Waals surface area (Å²) in [6.07, 6.45) is 0.640. The summed E-state index contributed by atoms with van der Waals surface area (Å²) in [5, 5.41) is 3.30. The minimum atomic E-state index is -0.446. The van der Waals surface area contributed by atoms with Crippen molar-refractivity contribution >= 4 is 52.3 Å². The van der Waals surface area contributed by atoms with Crippen molar-refractivity contribution in [3.8, 4) is 11.5 Å². The molecular formula is C20H21Cl2N3O4S. The Balaban J connectivity index is 1.59. The van der Waals surface area contributed by atoms with E-state index in [0.717, 1.165) is 5.56 Å². The van der Waals surface area contributed by atoms with Gasteiger partial charge in [0.15, 0.2) is 11.7 Å². The molecule has 0 unspecified atom stereocenters. The first-order valence-corrected chi connectivity index (χ1v) is 10.2. The number of halogens is 2. The van der Waals surface area contributed by atoms with E-state index in [1.54, 1.807) is 24.3 Å². The first-order valence-electron chi connectivity index (χ1n) is 9.00. The van der Waals surface area contributed by atoms with Crippen LogP contribution in [0.1, 0.15) is 18.4 Å². The normalized spacial score (nSPS) is 10.1. The fourth-order valence-electron chi connectivity index (χ4n) is 2.25. The number of thiocarbonyl (C=S) groups is 1. The first-order chi connectivity index (χ1) is 14.3. The molecule has 160 valence electrons. The van der Waals surface area contributed by atoms with E-state index in [1.165, 1.54) is 0 Å². The van der Waals surface area contributed by atoms with Gasteiger partial charge >= 0.3 is 0 Å². The molecule has 0 aromatic heterocycles. The summed E-state index contributed by atoms with van der Waals surface area (Å²) >= 11 is 16.8. The highest BCUT2D eigenvalue weighted by Crippen LogP contribution is 2.27. The van der Waals surface area contributed by atoms with E-state index < -0.39 is 5.91 Å². The fourth-order valence-corrected chi connectivity index (χ4v) is 2.88. The number of hydrazine groups is 1. The van der Waals surface area contributed by atoms with Crippen LogP contribution in [0.25, 0.3) is 0 Å². The third kappa shape index (κ3) is 8.44. The number of hydrogen-bond donors (Lipinski definition) is 3. The molecule has 0 heterocycles. The molecule has 0 bridgehead atoms. The average molecular weight is 470 g/mol. The summed E-state index contributed by atoms with van der Waals surface area (Å²) in [6, 6.07) is 12.3. The lowest BCUT2D eigenvalue weighted by Gasteiger charge is -2.12. The van der Waals surface area contributed by atoms with Crippen molar-refractivity contribution in [3.05, 3.63) is 58.1 Å². The topological polar surface area (TPSA) is 88.7 Å². The van der Waals surface area contributed by atoms with Crippen molar-refractivity contribution in [1.82, 2.24) is 16.2 Å². The summed E-state index contributed by atoms with van der Waals surface area (Å²) in [5.74, 6) is 0.352. The number of carbonyl (C=O) groups is 2. The molecule has 3 N–H and O–H groups in total. The molecule has 0 saturated heterocycles. The van der Waals surface area contributed by atoms with Crippen LogP contribution in [0.4, 0.5) is 0 Å². The molecule has 10 heteroatoms. The van der Waals surface area contributed by atoms with E-state index >= 15 is 0 Å². The number of para-hydroxylation sites is 1. The highest BCUT2D eigenvalue weighted by atomic mass is 35.5. The molecule has 2 aromatic rings. The zero-order valence-corrected chi connectivity index (χ0v) is 18.5. The molecule has 0 atom stereocenters. The lowest BCUT2D eigenvalue weighted by atomic mass is 10.2. The van der Waals surface area contributed by atoms with Gasteiger partial charge in [0.05, 0.1) is 11.6 Å². The Morgan fingerprint density at radius 1 is 1.00 bits per heavy atom. The molecule has 0 aliphatic rings. The summed E-state index contributed by atoms with van der Waals surface area (Å²) in [4.78, 5) is 23.7.